The van der Waals surface area contributed by atoms with Gasteiger partial charge in [-0.15, -0.1) is 0 Å². The molecule has 0 aliphatic heterocycles. The Labute approximate surface area is 110 Å². The standard InChI is InChI=1S/C12H17N3O4/c1-8(4-3-5-11(17)18)13-12(19)9-6-7-10(16)15(2)14-9/h6-8H,3-5H2,1-2H3,(H,13,19)(H,17,18). The van der Waals surface area contributed by atoms with Gasteiger partial charge in [0.2, 0.25) is 0 Å². The van der Waals surface area contributed by atoms with Gasteiger partial charge < -0.3 is 10.4 Å². The number of carboxylic acids is 1. The molecular formula is C12H17N3O4. The number of aliphatic carboxylic acids is 1. The minimum Gasteiger partial charge on any atom is -0.481 e. The molecule has 7 nitrogen and oxygen atoms in total. The van der Waals surface area contributed by atoms with Crippen LogP contribution in [0.3, 0.4) is 0 Å². The van der Waals surface area contributed by atoms with Gasteiger partial charge in [-0.05, 0) is 25.8 Å². The quantitative estimate of drug-likeness (QED) is 0.764. The highest BCUT2D eigenvalue weighted by Crippen LogP contribution is 2.01. The summed E-state index contributed by atoms with van der Waals surface area (Å²) in [7, 11) is 1.47. The number of aryl methyl sites for hydroxylation is 1. The third-order valence-electron chi connectivity index (χ3n) is 2.60. The van der Waals surface area contributed by atoms with Crippen molar-refractivity contribution in [3.63, 3.8) is 0 Å². The monoisotopic (exact) mass is 267 g/mol. The number of nitrogens with zero attached hydrogens (tertiary/aromatic N) is 2. The van der Waals surface area contributed by atoms with Crippen LogP contribution >= 0.6 is 0 Å². The molecule has 1 aromatic heterocycles. The van der Waals surface area contributed by atoms with E-state index in [9.17, 15) is 14.4 Å². The van der Waals surface area contributed by atoms with Crippen molar-refractivity contribution in [3.05, 3.63) is 28.2 Å². The van der Waals surface area contributed by atoms with Crippen molar-refractivity contribution in [2.75, 3.05) is 0 Å². The average molecular weight is 267 g/mol. The molecule has 1 amide bonds. The van der Waals surface area contributed by atoms with E-state index in [0.717, 1.165) is 4.68 Å². The van der Waals surface area contributed by atoms with Gasteiger partial charge in [-0.1, -0.05) is 0 Å². The molecule has 0 spiro atoms. The van der Waals surface area contributed by atoms with Gasteiger partial charge in [0.05, 0.1) is 0 Å². The van der Waals surface area contributed by atoms with Crippen LogP contribution in [0.5, 0.6) is 0 Å². The van der Waals surface area contributed by atoms with E-state index >= 15 is 0 Å². The normalized spacial score (nSPS) is 11.9. The van der Waals surface area contributed by atoms with Crippen LogP contribution in [0.25, 0.3) is 0 Å². The maximum Gasteiger partial charge on any atom is 0.303 e. The van der Waals surface area contributed by atoms with Crippen molar-refractivity contribution >= 4 is 11.9 Å². The van der Waals surface area contributed by atoms with E-state index < -0.39 is 5.97 Å². The summed E-state index contributed by atoms with van der Waals surface area (Å²) in [6.45, 7) is 1.79. The predicted molar refractivity (Wildman–Crippen MR) is 67.9 cm³/mol. The molecule has 0 fully saturated rings. The first-order valence-electron chi connectivity index (χ1n) is 5.97. The summed E-state index contributed by atoms with van der Waals surface area (Å²) in [6.07, 6.45) is 1.15. The zero-order valence-corrected chi connectivity index (χ0v) is 10.9. The van der Waals surface area contributed by atoms with Crippen molar-refractivity contribution in [3.8, 4) is 0 Å². The van der Waals surface area contributed by atoms with Gasteiger partial charge in [-0.2, -0.15) is 5.10 Å². The molecule has 0 aliphatic carbocycles. The van der Waals surface area contributed by atoms with E-state index in [0.29, 0.717) is 12.8 Å². The molecule has 1 heterocycles. The minimum atomic E-state index is -0.849. The van der Waals surface area contributed by atoms with E-state index in [-0.39, 0.29) is 29.6 Å². The highest BCUT2D eigenvalue weighted by atomic mass is 16.4. The molecule has 0 aromatic carbocycles. The van der Waals surface area contributed by atoms with E-state index in [1.807, 2.05) is 0 Å². The lowest BCUT2D eigenvalue weighted by atomic mass is 10.1. The lowest BCUT2D eigenvalue weighted by molar-refractivity contribution is -0.137. The molecule has 0 radical (unpaired) electrons. The molecular weight excluding hydrogens is 250 g/mol. The van der Waals surface area contributed by atoms with Gasteiger partial charge in [0.15, 0.2) is 0 Å². The number of aromatic nitrogens is 2. The zero-order chi connectivity index (χ0) is 14.4. The molecule has 19 heavy (non-hydrogen) atoms. The molecule has 0 saturated carbocycles. The van der Waals surface area contributed by atoms with Crippen LogP contribution in [-0.2, 0) is 11.8 Å². The second-order valence-corrected chi connectivity index (χ2v) is 4.34. The molecule has 1 atom stereocenters. The summed E-state index contributed by atoms with van der Waals surface area (Å²) in [5.41, 5.74) is -0.127. The fourth-order valence-corrected chi connectivity index (χ4v) is 1.55. The van der Waals surface area contributed by atoms with Crippen LogP contribution in [-0.4, -0.2) is 32.8 Å². The maximum absolute atomic E-state index is 11.8. The molecule has 2 N–H and O–H groups in total. The highest BCUT2D eigenvalue weighted by molar-refractivity contribution is 5.92. The Morgan fingerprint density at radius 1 is 1.47 bits per heavy atom. The molecule has 1 rings (SSSR count). The second-order valence-electron chi connectivity index (χ2n) is 4.34. The van der Waals surface area contributed by atoms with E-state index in [1.165, 1.54) is 19.2 Å². The maximum atomic E-state index is 11.8. The summed E-state index contributed by atoms with van der Waals surface area (Å²) < 4.78 is 1.09. The number of nitrogens with one attached hydrogen (secondary N) is 1. The van der Waals surface area contributed by atoms with E-state index in [4.69, 9.17) is 5.11 Å². The lowest BCUT2D eigenvalue weighted by Crippen LogP contribution is -2.34. The first-order chi connectivity index (χ1) is 8.90. The van der Waals surface area contributed by atoms with Crippen molar-refractivity contribution in [1.82, 2.24) is 15.1 Å². The third kappa shape index (κ3) is 4.90. The molecule has 104 valence electrons. The fraction of sp³-hybridized carbons (Fsp3) is 0.500. The number of amides is 1. The predicted octanol–water partition coefficient (Wildman–Crippen LogP) is 0.153. The first kappa shape index (κ1) is 14.9. The minimum absolute atomic E-state index is 0.0816. The summed E-state index contributed by atoms with van der Waals surface area (Å²) >= 11 is 0. The van der Waals surface area contributed by atoms with Crippen molar-refractivity contribution in [2.45, 2.75) is 32.2 Å². The van der Waals surface area contributed by atoms with E-state index in [1.54, 1.807) is 6.92 Å². The number of hydrogen-bond acceptors (Lipinski definition) is 4. The van der Waals surface area contributed by atoms with Gasteiger partial charge in [0.1, 0.15) is 5.69 Å². The summed E-state index contributed by atoms with van der Waals surface area (Å²) in [5.74, 6) is -1.23. The molecule has 0 saturated heterocycles. The number of carbonyl (C=O) groups excluding carboxylic acids is 1. The SMILES string of the molecule is CC(CCCC(=O)O)NC(=O)c1ccc(=O)n(C)n1. The van der Waals surface area contributed by atoms with Crippen molar-refractivity contribution in [1.29, 1.82) is 0 Å². The van der Waals surface area contributed by atoms with Gasteiger partial charge in [0.25, 0.3) is 11.5 Å². The van der Waals surface area contributed by atoms with Gasteiger partial charge >= 0.3 is 5.97 Å². The summed E-state index contributed by atoms with van der Waals surface area (Å²) in [4.78, 5) is 33.3. The first-order valence-corrected chi connectivity index (χ1v) is 5.97. The van der Waals surface area contributed by atoms with Gasteiger partial charge in [-0.25, -0.2) is 4.68 Å². The average Bonchev–Trinajstić information content (AvgIpc) is 2.32. The Bertz CT molecular complexity index is 524. The van der Waals surface area contributed by atoms with Crippen LogP contribution in [0.2, 0.25) is 0 Å². The molecule has 0 bridgehead atoms. The number of hydrogen-bond donors (Lipinski definition) is 2. The molecule has 0 aliphatic rings. The lowest BCUT2D eigenvalue weighted by Gasteiger charge is -2.12. The van der Waals surface area contributed by atoms with Crippen LogP contribution in [0, 0.1) is 0 Å². The van der Waals surface area contributed by atoms with Gasteiger partial charge in [0, 0.05) is 25.6 Å². The van der Waals surface area contributed by atoms with E-state index in [2.05, 4.69) is 10.4 Å². The molecule has 7 heteroatoms. The fourth-order valence-electron chi connectivity index (χ4n) is 1.55. The highest BCUT2D eigenvalue weighted by Gasteiger charge is 2.12. The smallest absolute Gasteiger partial charge is 0.303 e. The third-order valence-corrected chi connectivity index (χ3v) is 2.60. The Hall–Kier alpha value is -2.18. The van der Waals surface area contributed by atoms with Gasteiger partial charge in [-0.3, -0.25) is 14.4 Å². The van der Waals surface area contributed by atoms with Crippen LogP contribution in [0.4, 0.5) is 0 Å². The largest absolute Gasteiger partial charge is 0.481 e. The Morgan fingerprint density at radius 3 is 2.74 bits per heavy atom. The second kappa shape index (κ2) is 6.67. The Morgan fingerprint density at radius 2 is 2.16 bits per heavy atom. The number of carboxylic acid groups (broad SMARTS) is 1. The number of rotatable bonds is 6. The Kier molecular flexibility index (Phi) is 5.23. The van der Waals surface area contributed by atoms with Crippen LogP contribution in [0.1, 0.15) is 36.7 Å². The van der Waals surface area contributed by atoms with Crippen molar-refractivity contribution in [2.24, 2.45) is 7.05 Å². The number of carbonyl (C=O) groups is 2. The summed E-state index contributed by atoms with van der Waals surface area (Å²) in [6, 6.07) is 2.49. The molecule has 1 aromatic rings. The summed E-state index contributed by atoms with van der Waals surface area (Å²) in [5, 5.41) is 15.1. The van der Waals surface area contributed by atoms with Crippen molar-refractivity contribution < 1.29 is 14.7 Å². The Balaban J connectivity index is 2.52. The molecule has 1 unspecified atom stereocenters. The van der Waals surface area contributed by atoms with Crippen LogP contribution < -0.4 is 10.9 Å². The van der Waals surface area contributed by atoms with Crippen LogP contribution in [0.15, 0.2) is 16.9 Å². The zero-order valence-electron chi connectivity index (χ0n) is 10.9. The topological polar surface area (TPSA) is 101 Å².